The Hall–Kier alpha value is -1.81. The number of carboxylic acid groups (broad SMARTS) is 1. The van der Waals surface area contributed by atoms with Gasteiger partial charge in [-0.25, -0.2) is 4.79 Å². The highest BCUT2D eigenvalue weighted by molar-refractivity contribution is 7.17. The van der Waals surface area contributed by atoms with Crippen LogP contribution >= 0.6 is 11.3 Å². The molecule has 0 saturated heterocycles. The van der Waals surface area contributed by atoms with Crippen LogP contribution in [0.15, 0.2) is 42.5 Å². The molecule has 0 aliphatic heterocycles. The molecular weight excluding hydrogens is 258 g/mol. The van der Waals surface area contributed by atoms with Gasteiger partial charge in [0.25, 0.3) is 0 Å². The maximum absolute atomic E-state index is 11.0. The van der Waals surface area contributed by atoms with E-state index in [1.54, 1.807) is 6.07 Å². The lowest BCUT2D eigenvalue weighted by Gasteiger charge is -2.27. The molecule has 1 N–H and O–H groups in total. The van der Waals surface area contributed by atoms with Crippen molar-refractivity contribution in [2.75, 3.05) is 4.90 Å². The largest absolute Gasteiger partial charge is 0.477 e. The highest BCUT2D eigenvalue weighted by Crippen LogP contribution is 2.29. The average Bonchev–Trinajstić information content (AvgIpc) is 2.86. The van der Waals surface area contributed by atoms with Gasteiger partial charge in [-0.15, -0.1) is 11.3 Å². The topological polar surface area (TPSA) is 40.5 Å². The number of rotatable bonds is 5. The van der Waals surface area contributed by atoms with Crippen LogP contribution in [-0.2, 0) is 6.54 Å². The monoisotopic (exact) mass is 275 g/mol. The molecule has 0 radical (unpaired) electrons. The number of thiophene rings is 1. The number of hydrogen-bond acceptors (Lipinski definition) is 3. The highest BCUT2D eigenvalue weighted by Gasteiger charge is 2.15. The molecule has 0 amide bonds. The Morgan fingerprint density at radius 3 is 2.42 bits per heavy atom. The number of carboxylic acids is 1. The first-order valence-corrected chi connectivity index (χ1v) is 7.03. The van der Waals surface area contributed by atoms with Gasteiger partial charge in [-0.05, 0) is 31.5 Å². The smallest absolute Gasteiger partial charge is 0.345 e. The Morgan fingerprint density at radius 1 is 1.21 bits per heavy atom. The van der Waals surface area contributed by atoms with Crippen LogP contribution in [-0.4, -0.2) is 17.1 Å². The van der Waals surface area contributed by atoms with E-state index in [0.29, 0.717) is 10.9 Å². The van der Waals surface area contributed by atoms with Gasteiger partial charge < -0.3 is 10.0 Å². The van der Waals surface area contributed by atoms with Crippen molar-refractivity contribution in [2.24, 2.45) is 0 Å². The number of nitrogens with zero attached hydrogens (tertiary/aromatic N) is 1. The molecule has 1 aromatic carbocycles. The SMILES string of the molecule is CC(C)N(Cc1ccccc1)c1ccc(C(=O)O)s1. The van der Waals surface area contributed by atoms with E-state index in [1.165, 1.54) is 16.9 Å². The summed E-state index contributed by atoms with van der Waals surface area (Å²) in [4.78, 5) is 13.6. The van der Waals surface area contributed by atoms with Gasteiger partial charge in [0, 0.05) is 12.6 Å². The van der Waals surface area contributed by atoms with E-state index < -0.39 is 5.97 Å². The quantitative estimate of drug-likeness (QED) is 0.900. The Morgan fingerprint density at radius 2 is 1.89 bits per heavy atom. The first-order valence-electron chi connectivity index (χ1n) is 6.21. The van der Waals surface area contributed by atoms with Gasteiger partial charge in [-0.1, -0.05) is 30.3 Å². The van der Waals surface area contributed by atoms with Crippen molar-refractivity contribution in [3.8, 4) is 0 Å². The second-order valence-corrected chi connectivity index (χ2v) is 5.71. The van der Waals surface area contributed by atoms with E-state index in [0.717, 1.165) is 11.5 Å². The summed E-state index contributed by atoms with van der Waals surface area (Å²) in [6.45, 7) is 5.02. The molecule has 0 bridgehead atoms. The minimum absolute atomic E-state index is 0.320. The molecule has 0 aliphatic rings. The van der Waals surface area contributed by atoms with Gasteiger partial charge in [0.1, 0.15) is 4.88 Å². The first-order chi connectivity index (χ1) is 9.08. The van der Waals surface area contributed by atoms with Crippen molar-refractivity contribution < 1.29 is 9.90 Å². The fourth-order valence-corrected chi connectivity index (χ4v) is 2.87. The molecule has 0 unspecified atom stereocenters. The summed E-state index contributed by atoms with van der Waals surface area (Å²) in [5.74, 6) is -0.861. The van der Waals surface area contributed by atoms with Crippen LogP contribution in [0.3, 0.4) is 0 Å². The fraction of sp³-hybridized carbons (Fsp3) is 0.267. The molecule has 0 fully saturated rings. The normalized spacial score (nSPS) is 10.7. The predicted molar refractivity (Wildman–Crippen MR) is 79.0 cm³/mol. The van der Waals surface area contributed by atoms with E-state index in [1.807, 2.05) is 24.3 Å². The summed E-state index contributed by atoms with van der Waals surface area (Å²) in [7, 11) is 0. The second kappa shape index (κ2) is 5.89. The third-order valence-corrected chi connectivity index (χ3v) is 4.02. The Kier molecular flexibility index (Phi) is 4.22. The molecule has 1 heterocycles. The second-order valence-electron chi connectivity index (χ2n) is 4.65. The summed E-state index contributed by atoms with van der Waals surface area (Å²) in [5, 5.41) is 10.00. The van der Waals surface area contributed by atoms with E-state index >= 15 is 0 Å². The highest BCUT2D eigenvalue weighted by atomic mass is 32.1. The molecule has 19 heavy (non-hydrogen) atoms. The zero-order chi connectivity index (χ0) is 13.8. The van der Waals surface area contributed by atoms with Gasteiger partial charge in [-0.3, -0.25) is 0 Å². The molecule has 4 heteroatoms. The van der Waals surface area contributed by atoms with E-state index in [9.17, 15) is 4.79 Å². The van der Waals surface area contributed by atoms with Crippen molar-refractivity contribution >= 4 is 22.3 Å². The minimum Gasteiger partial charge on any atom is -0.477 e. The zero-order valence-electron chi connectivity index (χ0n) is 11.0. The molecule has 1 aromatic heterocycles. The lowest BCUT2D eigenvalue weighted by molar-refractivity contribution is 0.0702. The summed E-state index contributed by atoms with van der Waals surface area (Å²) < 4.78 is 0. The minimum atomic E-state index is -0.861. The van der Waals surface area contributed by atoms with Crippen molar-refractivity contribution in [2.45, 2.75) is 26.4 Å². The molecule has 2 aromatic rings. The van der Waals surface area contributed by atoms with Crippen LogP contribution in [0.2, 0.25) is 0 Å². The molecule has 0 aliphatic carbocycles. The Bertz CT molecular complexity index is 548. The van der Waals surface area contributed by atoms with Crippen LogP contribution < -0.4 is 4.90 Å². The molecule has 2 rings (SSSR count). The number of aromatic carboxylic acids is 1. The Labute approximate surface area is 117 Å². The lowest BCUT2D eigenvalue weighted by atomic mass is 10.2. The first kappa shape index (κ1) is 13.6. The van der Waals surface area contributed by atoms with Gasteiger partial charge >= 0.3 is 5.97 Å². The maximum Gasteiger partial charge on any atom is 0.345 e. The van der Waals surface area contributed by atoms with Gasteiger partial charge in [0.2, 0.25) is 0 Å². The number of anilines is 1. The third kappa shape index (κ3) is 3.35. The summed E-state index contributed by atoms with van der Waals surface area (Å²) >= 11 is 1.32. The summed E-state index contributed by atoms with van der Waals surface area (Å²) in [6.07, 6.45) is 0. The number of carbonyl (C=O) groups is 1. The van der Waals surface area contributed by atoms with Crippen LogP contribution in [0, 0.1) is 0 Å². The van der Waals surface area contributed by atoms with Gasteiger partial charge in [0.15, 0.2) is 0 Å². The van der Waals surface area contributed by atoms with Crippen LogP contribution in [0.5, 0.6) is 0 Å². The number of hydrogen-bond donors (Lipinski definition) is 1. The molecular formula is C15H17NO2S. The molecule has 0 saturated carbocycles. The summed E-state index contributed by atoms with van der Waals surface area (Å²) in [6, 6.07) is 14.1. The molecule has 0 spiro atoms. The average molecular weight is 275 g/mol. The van der Waals surface area contributed by atoms with Gasteiger partial charge in [-0.2, -0.15) is 0 Å². The molecule has 0 atom stereocenters. The van der Waals surface area contributed by atoms with E-state index in [2.05, 4.69) is 30.9 Å². The van der Waals surface area contributed by atoms with Crippen molar-refractivity contribution in [3.63, 3.8) is 0 Å². The van der Waals surface area contributed by atoms with Gasteiger partial charge in [0.05, 0.1) is 5.00 Å². The van der Waals surface area contributed by atoms with Crippen LogP contribution in [0.4, 0.5) is 5.00 Å². The van der Waals surface area contributed by atoms with E-state index in [4.69, 9.17) is 5.11 Å². The molecule has 3 nitrogen and oxygen atoms in total. The Balaban J connectivity index is 2.22. The van der Waals surface area contributed by atoms with Crippen molar-refractivity contribution in [3.05, 3.63) is 52.9 Å². The fourth-order valence-electron chi connectivity index (χ4n) is 1.89. The standard InChI is InChI=1S/C15H17NO2S/c1-11(2)16(10-12-6-4-3-5-7-12)14-9-8-13(19-14)15(17)18/h3-9,11H,10H2,1-2H3,(H,17,18). The zero-order valence-corrected chi connectivity index (χ0v) is 11.9. The predicted octanol–water partition coefficient (Wildman–Crippen LogP) is 3.86. The summed E-state index contributed by atoms with van der Waals surface area (Å²) in [5.41, 5.74) is 1.22. The van der Waals surface area contributed by atoms with Crippen molar-refractivity contribution in [1.82, 2.24) is 0 Å². The van der Waals surface area contributed by atoms with Crippen molar-refractivity contribution in [1.29, 1.82) is 0 Å². The third-order valence-electron chi connectivity index (χ3n) is 2.90. The maximum atomic E-state index is 11.0. The lowest BCUT2D eigenvalue weighted by Crippen LogP contribution is -2.29. The van der Waals surface area contributed by atoms with Crippen LogP contribution in [0.1, 0.15) is 29.1 Å². The number of benzene rings is 1. The molecule has 100 valence electrons. The van der Waals surface area contributed by atoms with E-state index in [-0.39, 0.29) is 0 Å². The van der Waals surface area contributed by atoms with Crippen LogP contribution in [0.25, 0.3) is 0 Å².